The van der Waals surface area contributed by atoms with Crippen molar-refractivity contribution in [1.82, 2.24) is 5.32 Å². The molecule has 0 unspecified atom stereocenters. The van der Waals surface area contributed by atoms with Gasteiger partial charge in [0, 0.05) is 30.7 Å². The summed E-state index contributed by atoms with van der Waals surface area (Å²) in [6, 6.07) is 10.1. The van der Waals surface area contributed by atoms with Crippen LogP contribution in [0.25, 0.3) is 0 Å². The number of rotatable bonds is 5. The smallest absolute Gasteiger partial charge is 0.309 e. The maximum absolute atomic E-state index is 13.3. The lowest BCUT2D eigenvalue weighted by Gasteiger charge is -2.31. The monoisotopic (exact) mass is 469 g/mol. The number of nitrogens with one attached hydrogen (secondary N) is 1. The maximum Gasteiger partial charge on any atom is 0.309 e. The molecule has 1 heterocycles. The molecule has 0 aromatic heterocycles. The molecule has 0 spiro atoms. The first-order valence-corrected chi connectivity index (χ1v) is 12.7. The van der Waals surface area contributed by atoms with Gasteiger partial charge in [0.1, 0.15) is 5.78 Å². The van der Waals surface area contributed by atoms with E-state index in [2.05, 4.69) is 32.2 Å². The van der Waals surface area contributed by atoms with Crippen molar-refractivity contribution in [3.05, 3.63) is 48.0 Å². The molecule has 34 heavy (non-hydrogen) atoms. The first-order valence-electron chi connectivity index (χ1n) is 12.7. The second-order valence-electron chi connectivity index (χ2n) is 11.0. The number of hydrogen-bond donors (Lipinski definition) is 1. The van der Waals surface area contributed by atoms with Crippen molar-refractivity contribution < 1.29 is 19.1 Å². The van der Waals surface area contributed by atoms with Gasteiger partial charge in [-0.3, -0.25) is 14.4 Å². The van der Waals surface area contributed by atoms with Gasteiger partial charge in [-0.1, -0.05) is 63.3 Å². The van der Waals surface area contributed by atoms with E-state index in [1.165, 1.54) is 0 Å². The Morgan fingerprint density at radius 2 is 1.79 bits per heavy atom. The molecular weight excluding hydrogens is 426 g/mol. The number of carbonyl (C=O) groups is 3. The third-order valence-electron chi connectivity index (χ3n) is 6.60. The Bertz CT molecular complexity index is 822. The van der Waals surface area contributed by atoms with Gasteiger partial charge in [-0.2, -0.15) is 0 Å². The van der Waals surface area contributed by atoms with E-state index in [4.69, 9.17) is 4.74 Å². The molecule has 1 aliphatic heterocycles. The Kier molecular flexibility index (Phi) is 11.0. The number of esters is 1. The van der Waals surface area contributed by atoms with Gasteiger partial charge >= 0.3 is 5.97 Å². The van der Waals surface area contributed by atoms with Crippen molar-refractivity contribution in [3.63, 3.8) is 0 Å². The molecule has 3 atom stereocenters. The molecule has 0 saturated heterocycles. The Labute approximate surface area is 205 Å². The number of ether oxygens (including phenoxy) is 1. The van der Waals surface area contributed by atoms with Crippen LogP contribution in [0, 0.1) is 23.2 Å². The van der Waals surface area contributed by atoms with Gasteiger partial charge in [-0.05, 0) is 56.9 Å². The molecule has 5 heteroatoms. The third kappa shape index (κ3) is 9.82. The van der Waals surface area contributed by atoms with E-state index in [0.29, 0.717) is 19.3 Å². The minimum absolute atomic E-state index is 0.0437. The highest BCUT2D eigenvalue weighted by atomic mass is 16.5. The van der Waals surface area contributed by atoms with E-state index in [1.807, 2.05) is 50.3 Å². The maximum atomic E-state index is 13.3. The second-order valence-corrected chi connectivity index (χ2v) is 11.0. The highest BCUT2D eigenvalue weighted by Gasteiger charge is 2.32. The number of amides is 1. The zero-order valence-electron chi connectivity index (χ0n) is 21.6. The van der Waals surface area contributed by atoms with Crippen LogP contribution in [0.1, 0.15) is 78.7 Å². The van der Waals surface area contributed by atoms with Crippen LogP contribution in [-0.4, -0.2) is 30.3 Å². The predicted molar refractivity (Wildman–Crippen MR) is 136 cm³/mol. The Morgan fingerprint density at radius 3 is 2.44 bits per heavy atom. The Morgan fingerprint density at radius 1 is 1.09 bits per heavy atom. The van der Waals surface area contributed by atoms with E-state index in [9.17, 15) is 14.4 Å². The quantitative estimate of drug-likeness (QED) is 0.445. The number of benzene rings is 1. The molecule has 2 rings (SSSR count). The van der Waals surface area contributed by atoms with Gasteiger partial charge in [0.2, 0.25) is 5.91 Å². The van der Waals surface area contributed by atoms with Crippen molar-refractivity contribution in [2.45, 2.75) is 85.6 Å². The zero-order valence-corrected chi connectivity index (χ0v) is 21.6. The molecular formula is C29H43NO4. The van der Waals surface area contributed by atoms with E-state index < -0.39 is 0 Å². The lowest BCUT2D eigenvalue weighted by molar-refractivity contribution is -0.152. The lowest BCUT2D eigenvalue weighted by atomic mass is 9.76. The fourth-order valence-corrected chi connectivity index (χ4v) is 4.32. The molecule has 0 aliphatic carbocycles. The van der Waals surface area contributed by atoms with Gasteiger partial charge in [0.25, 0.3) is 0 Å². The zero-order chi connectivity index (χ0) is 25.1. The minimum atomic E-state index is -0.357. The second kappa shape index (κ2) is 13.5. The molecule has 0 bridgehead atoms. The van der Waals surface area contributed by atoms with E-state index in [-0.39, 0.29) is 59.9 Å². The molecule has 0 radical (unpaired) electrons. The fourth-order valence-electron chi connectivity index (χ4n) is 4.32. The summed E-state index contributed by atoms with van der Waals surface area (Å²) < 4.78 is 5.84. The Hall–Kier alpha value is -2.43. The van der Waals surface area contributed by atoms with Crippen LogP contribution in [0.5, 0.6) is 0 Å². The van der Waals surface area contributed by atoms with Crippen LogP contribution in [0.3, 0.4) is 0 Å². The summed E-state index contributed by atoms with van der Waals surface area (Å²) in [6.07, 6.45) is 8.30. The number of cyclic esters (lactones) is 1. The molecule has 0 saturated carbocycles. The highest BCUT2D eigenvalue weighted by Crippen LogP contribution is 2.32. The average molecular weight is 470 g/mol. The minimum Gasteiger partial charge on any atom is -0.465 e. The van der Waals surface area contributed by atoms with Crippen LogP contribution < -0.4 is 5.32 Å². The number of allylic oxidation sites excluding steroid dienone is 2. The number of ketones is 1. The standard InChI is InChI=1S/C29H43NO4/c1-21(2)30-27(32)18-23-15-11-6-7-12-16-24(17-22-13-9-8-10-14-22)28(33)34-20-25(19-26(23)31)29(3,4)5/h6,8-11,13-14,21,23-25H,7,12,15-20H2,1-5H3,(H,30,32)/b11-6-/t23-,24-,25-/m1/s1. The van der Waals surface area contributed by atoms with Crippen LogP contribution >= 0.6 is 0 Å². The molecule has 188 valence electrons. The van der Waals surface area contributed by atoms with Crippen molar-refractivity contribution in [1.29, 1.82) is 0 Å². The molecule has 1 N–H and O–H groups in total. The molecule has 1 aliphatic rings. The summed E-state index contributed by atoms with van der Waals surface area (Å²) >= 11 is 0. The predicted octanol–water partition coefficient (Wildman–Crippen LogP) is 5.67. The first-order chi connectivity index (χ1) is 16.1. The molecule has 1 aromatic rings. The Balaban J connectivity index is 2.19. The van der Waals surface area contributed by atoms with Crippen molar-refractivity contribution >= 4 is 17.7 Å². The summed E-state index contributed by atoms with van der Waals surface area (Å²) in [4.78, 5) is 38.8. The number of carbonyl (C=O) groups excluding carboxylic acids is 3. The van der Waals surface area contributed by atoms with Crippen LogP contribution in [0.15, 0.2) is 42.5 Å². The summed E-state index contributed by atoms with van der Waals surface area (Å²) in [5.41, 5.74) is 0.925. The molecule has 0 fully saturated rings. The summed E-state index contributed by atoms with van der Waals surface area (Å²) in [5.74, 6) is -0.863. The van der Waals surface area contributed by atoms with Gasteiger partial charge in [0.15, 0.2) is 0 Å². The number of Topliss-reactive ketones (excluding diaryl/α,β-unsaturated/α-hetero) is 1. The van der Waals surface area contributed by atoms with Gasteiger partial charge in [-0.15, -0.1) is 0 Å². The number of hydrogen-bond acceptors (Lipinski definition) is 4. The van der Waals surface area contributed by atoms with Crippen LogP contribution in [0.4, 0.5) is 0 Å². The van der Waals surface area contributed by atoms with Crippen LogP contribution in [-0.2, 0) is 25.5 Å². The normalized spacial score (nSPS) is 24.2. The summed E-state index contributed by atoms with van der Waals surface area (Å²) in [6.45, 7) is 10.3. The molecule has 1 amide bonds. The fraction of sp³-hybridized carbons (Fsp3) is 0.621. The van der Waals surface area contributed by atoms with E-state index >= 15 is 0 Å². The van der Waals surface area contributed by atoms with E-state index in [1.54, 1.807) is 0 Å². The van der Waals surface area contributed by atoms with Crippen molar-refractivity contribution in [2.24, 2.45) is 23.2 Å². The molecule has 1 aromatic carbocycles. The van der Waals surface area contributed by atoms with Crippen molar-refractivity contribution in [2.75, 3.05) is 6.61 Å². The van der Waals surface area contributed by atoms with Crippen molar-refractivity contribution in [3.8, 4) is 0 Å². The molecule has 5 nitrogen and oxygen atoms in total. The summed E-state index contributed by atoms with van der Waals surface area (Å²) in [7, 11) is 0. The van der Waals surface area contributed by atoms with Gasteiger partial charge in [0.05, 0.1) is 12.5 Å². The highest BCUT2D eigenvalue weighted by molar-refractivity contribution is 5.87. The first kappa shape index (κ1) is 27.8. The topological polar surface area (TPSA) is 72.5 Å². The third-order valence-corrected chi connectivity index (χ3v) is 6.60. The lowest BCUT2D eigenvalue weighted by Crippen LogP contribution is -2.35. The van der Waals surface area contributed by atoms with Gasteiger partial charge < -0.3 is 10.1 Å². The van der Waals surface area contributed by atoms with E-state index in [0.717, 1.165) is 24.8 Å². The van der Waals surface area contributed by atoms with Gasteiger partial charge in [-0.25, -0.2) is 0 Å². The SMILES string of the molecule is CC(C)NC(=O)C[C@H]1C/C=C\CCC[C@H](Cc2ccccc2)C(=O)OC[C@H](C(C)(C)C)CC1=O. The van der Waals surface area contributed by atoms with Crippen LogP contribution in [0.2, 0.25) is 0 Å². The average Bonchev–Trinajstić information content (AvgIpc) is 2.75. The largest absolute Gasteiger partial charge is 0.465 e. The summed E-state index contributed by atoms with van der Waals surface area (Å²) in [5, 5.41) is 2.90.